The Hall–Kier alpha value is -10.0. The van der Waals surface area contributed by atoms with Crippen LogP contribution in [0, 0.1) is 6.92 Å². The summed E-state index contributed by atoms with van der Waals surface area (Å²) in [7, 11) is 7.82. The number of carboxylic acid groups (broad SMARTS) is 1. The zero-order chi connectivity index (χ0) is 104. The number of aryl methyl sites for hydroxylation is 8. The molecule has 1 aliphatic rings. The van der Waals surface area contributed by atoms with Crippen molar-refractivity contribution in [3.05, 3.63) is 344 Å². The molecule has 3 N–H and O–H groups in total. The third kappa shape index (κ3) is 47.8. The molecule has 1 fully saturated rings. The smallest absolute Gasteiger partial charge is 0.373 e. The van der Waals surface area contributed by atoms with Gasteiger partial charge < -0.3 is 55.5 Å². The van der Waals surface area contributed by atoms with Crippen LogP contribution in [0.5, 0.6) is 0 Å². The van der Waals surface area contributed by atoms with Gasteiger partial charge >= 0.3 is 18.1 Å². The van der Waals surface area contributed by atoms with E-state index in [2.05, 4.69) is 299 Å². The number of unbranched alkanes of at least 4 members (excludes halogenated alkanes) is 9. The monoisotopic (exact) mass is 2470 g/mol. The number of hydrogen-bond acceptors (Lipinski definition) is 17. The molecule has 8 atom stereocenters. The van der Waals surface area contributed by atoms with Crippen molar-refractivity contribution in [2.75, 3.05) is 11.9 Å². The number of alkyl halides is 1. The molecule has 0 aliphatic carbocycles. The standard InChI is InChI=1S/C34H42N3O4.C29H39N2.C17H21N.C15H22N4.2C8H10N4.C6H11BrO2.CO2.BrH.HI.K.Os.H2/c1-3-27(29-10-6-4-7-11-29)25-31(30-15-19-35-20-16-30)24-26(2)28-17-22-36(23-18-28)21-9-5-8-12-34(40)41-37-32(38)13-14-33(37)39;1-4-6-10-19-31-20-15-26(16-21-31)24(3)22-29(28-13-17-30-18-14-28)23-25(5-2)27-11-8-7-9-12-27;1-3-15(17-7-5-4-6-8-17)13-14(2)16-9-11-18-12-10-16;1-13-7-6-8-14(18-13)15-17-10-12-19(15)11-5-3-2-4-9-16;2*1-11-5-3-9-7(11)8-10-4-6-12(8)2;7-5-3-1-2-4-6(8)9;2-1-3;;;;;/h4,6-7,10-11,15-20,22-23,26-27,31H,3,5,8-9,12-14,21,24-25H2,1-2H3;7-9,11-18,20-21,24-25,29H,4-6,10,19,22-23H2,1-3H3;4-12,14-15H,3,13H2,1-2H3;6-8,10,12H,2-5,9,11,16H2,1H3;2*3-6H,1-2H3;1-5H2,(H,8,9);;2*1H;;;1H/q2*+1;;;;;;;;;;;/p-1. The Kier molecular flexibility index (Phi) is 67.4. The molecule has 1 aliphatic heterocycles. The van der Waals surface area contributed by atoms with E-state index in [9.17, 15) is 19.2 Å². The Morgan fingerprint density at radius 2 is 0.772 bits per heavy atom. The van der Waals surface area contributed by atoms with E-state index in [1.165, 1.54) is 102 Å². The zero-order valence-electron chi connectivity index (χ0n) is 89.5. The normalized spacial score (nSPS) is 12.6. The van der Waals surface area contributed by atoms with Gasteiger partial charge in [0.15, 0.2) is 53.9 Å². The van der Waals surface area contributed by atoms with E-state index in [-0.39, 0.29) is 139 Å². The molecular formula is C118H158Br2IKN18O8Os+. The van der Waals surface area contributed by atoms with Gasteiger partial charge in [-0.3, -0.25) is 29.3 Å². The first-order valence-corrected chi connectivity index (χ1v) is 52.9. The van der Waals surface area contributed by atoms with E-state index in [0.29, 0.717) is 65.2 Å². The van der Waals surface area contributed by atoms with Crippen molar-refractivity contribution < 1.29 is 86.0 Å². The van der Waals surface area contributed by atoms with Gasteiger partial charge in [-0.25, -0.2) is 43.8 Å². The second-order valence-corrected chi connectivity index (χ2v) is 38.0. The Balaban J connectivity index is 0.000000470. The number of benzene rings is 3. The summed E-state index contributed by atoms with van der Waals surface area (Å²) in [6.45, 7) is 21.9. The van der Waals surface area contributed by atoms with Crippen LogP contribution in [0.15, 0.2) is 294 Å². The molecule has 0 bridgehead atoms. The maximum atomic E-state index is 12.0. The number of aliphatic carboxylic acids is 1. The van der Waals surface area contributed by atoms with Gasteiger partial charge in [0.25, 0.3) is 11.8 Å². The first-order valence-electron chi connectivity index (χ1n) is 51.7. The number of aromatic nitrogens is 16. The third-order valence-corrected chi connectivity index (χ3v) is 26.9. The molecule has 0 spiro atoms. The molecule has 2 amide bonds. The van der Waals surface area contributed by atoms with Gasteiger partial charge in [0.1, 0.15) is 18.8 Å². The van der Waals surface area contributed by atoms with Crippen LogP contribution in [0.2, 0.25) is 0 Å². The van der Waals surface area contributed by atoms with E-state index in [1.807, 2.05) is 146 Å². The minimum atomic E-state index is -0.690. The van der Waals surface area contributed by atoms with Gasteiger partial charge in [-0.1, -0.05) is 187 Å². The zero-order valence-corrected chi connectivity index (χ0v) is 101. The van der Waals surface area contributed by atoms with Gasteiger partial charge in [0.05, 0.1) is 0 Å². The second-order valence-electron chi connectivity index (χ2n) is 37.2. The summed E-state index contributed by atoms with van der Waals surface area (Å²) in [5.74, 6) is 6.67. The van der Waals surface area contributed by atoms with Crippen molar-refractivity contribution in [2.45, 2.75) is 283 Å². The minimum absolute atomic E-state index is 0. The Morgan fingerprint density at radius 1 is 0.430 bits per heavy atom. The third-order valence-electron chi connectivity index (χ3n) is 26.4. The Bertz CT molecular complexity index is 5790. The van der Waals surface area contributed by atoms with Crippen molar-refractivity contribution in [2.24, 2.45) is 33.9 Å². The maximum absolute atomic E-state index is 12.0. The van der Waals surface area contributed by atoms with Gasteiger partial charge in [-0.2, -0.15) is 9.59 Å². The molecular weight excluding hydrogens is 2310 g/mol. The summed E-state index contributed by atoms with van der Waals surface area (Å²) < 4.78 is 14.5. The maximum Gasteiger partial charge on any atom is 0.373 e. The van der Waals surface area contributed by atoms with Crippen molar-refractivity contribution in [3.63, 3.8) is 0 Å². The number of carbonyl (C=O) groups excluding carboxylic acids is 5. The molecule has 15 rings (SSSR count). The quantitative estimate of drug-likeness (QED) is 0.00894. The van der Waals surface area contributed by atoms with Crippen LogP contribution >= 0.6 is 39.9 Å². The molecule has 149 heavy (non-hydrogen) atoms. The molecule has 8 unspecified atom stereocenters. The van der Waals surface area contributed by atoms with Crippen LogP contribution in [0.4, 0.5) is 0 Å². The van der Waals surface area contributed by atoms with E-state index >= 15 is 0 Å². The first-order chi connectivity index (χ1) is 70.5. The van der Waals surface area contributed by atoms with Crippen LogP contribution in [-0.2, 0) is 101 Å². The molecule has 797 valence electrons. The number of rotatable bonds is 46. The average Bonchev–Trinajstić information content (AvgIpc) is 1.57. The predicted octanol–water partition coefficient (Wildman–Crippen LogP) is 21.9. The molecule has 12 heterocycles. The summed E-state index contributed by atoms with van der Waals surface area (Å²) in [6.07, 6.45) is 62.9. The Morgan fingerprint density at radius 3 is 1.14 bits per heavy atom. The van der Waals surface area contributed by atoms with Crippen LogP contribution in [0.25, 0.3) is 34.8 Å². The molecule has 1 radical (unpaired) electrons. The van der Waals surface area contributed by atoms with Crippen molar-refractivity contribution >= 4 is 121 Å². The fraction of sp³-hybridized carbons (Fsp3) is 0.424. The molecule has 26 nitrogen and oxygen atoms in total. The number of hydrogen-bond donors (Lipinski definition) is 2. The second kappa shape index (κ2) is 76.5. The molecule has 1 saturated heterocycles. The summed E-state index contributed by atoms with van der Waals surface area (Å²) in [5.41, 5.74) is 18.7. The number of nitrogens with zero attached hydrogens (tertiary/aromatic N) is 17. The number of halogens is 3. The van der Waals surface area contributed by atoms with Crippen molar-refractivity contribution in [1.82, 2.24) is 72.8 Å². The summed E-state index contributed by atoms with van der Waals surface area (Å²) in [4.78, 5) is 105. The molecule has 31 heteroatoms. The van der Waals surface area contributed by atoms with E-state index in [0.717, 1.165) is 143 Å². The minimum Gasteiger partial charge on any atom is -1.00 e. The van der Waals surface area contributed by atoms with E-state index in [1.54, 1.807) is 24.8 Å². The molecule has 3 aromatic carbocycles. The van der Waals surface area contributed by atoms with Crippen LogP contribution in [0.1, 0.15) is 308 Å². The predicted molar refractivity (Wildman–Crippen MR) is 600 cm³/mol. The number of amides is 2. The van der Waals surface area contributed by atoms with Crippen LogP contribution in [0.3, 0.4) is 0 Å². The van der Waals surface area contributed by atoms with Crippen LogP contribution < -0.4 is 31.8 Å². The van der Waals surface area contributed by atoms with E-state index in [4.69, 9.17) is 25.3 Å². The van der Waals surface area contributed by atoms with Crippen molar-refractivity contribution in [1.29, 1.82) is 0 Å². The molecule has 14 aromatic rings. The Labute approximate surface area is 977 Å². The van der Waals surface area contributed by atoms with E-state index < -0.39 is 23.8 Å². The SMILES string of the molecule is CCC(CC(C)c1ccncc1)c1ccccc1.CCC(CC(CC(C)c1cc[n+](CCCCCC(=O)ON2C(=O)CCC2=O)cc1)c1ccncc1)c1ccccc1.CCCCC[n+]1ccc(C(C)CC(CC(CC)c2ccccc2)c2ccncc2)cc1.Cc1cccc(-c2nccn2CCCCCCN)n1.Cn1ccnc1-c1nccn1C.Cn1ccnc1-c1nccn1C.I.O=C(O)CCCCCBr.O=C=O.[Br-].[HH].[K].[Os]. The number of hydroxylamine groups is 2. The number of carbonyl (C=O) groups is 4. The van der Waals surface area contributed by atoms with Gasteiger partial charge in [0, 0.05) is 280 Å². The summed E-state index contributed by atoms with van der Waals surface area (Å²) in [6, 6.07) is 60.9. The number of imide groups is 1. The number of nitrogens with two attached hydrogens (primary N) is 1. The fourth-order valence-electron chi connectivity index (χ4n) is 17.9. The fourth-order valence-corrected chi connectivity index (χ4v) is 18.3. The average molecular weight is 2470 g/mol. The number of carboxylic acids is 1. The summed E-state index contributed by atoms with van der Waals surface area (Å²) in [5, 5.41) is 9.80. The van der Waals surface area contributed by atoms with Gasteiger partial charge in [0.2, 0.25) is 0 Å². The summed E-state index contributed by atoms with van der Waals surface area (Å²) >= 11 is 3.27. The van der Waals surface area contributed by atoms with Crippen molar-refractivity contribution in [3.8, 4) is 34.8 Å². The number of imidazole rings is 5. The van der Waals surface area contributed by atoms with Crippen LogP contribution in [-0.4, -0.2) is 171 Å². The molecule has 11 aromatic heterocycles. The van der Waals surface area contributed by atoms with Gasteiger partial charge in [-0.15, -0.1) is 29.0 Å². The topological polar surface area (TPSA) is 310 Å². The molecule has 0 saturated carbocycles. The van der Waals surface area contributed by atoms with Gasteiger partial charge in [-0.05, 0) is 250 Å². The largest absolute Gasteiger partial charge is 1.00 e. The number of pyridine rings is 6. The first kappa shape index (κ1) is 131.